The van der Waals surface area contributed by atoms with Crippen LogP contribution in [0.25, 0.3) is 11.0 Å². The number of amides is 1. The summed E-state index contributed by atoms with van der Waals surface area (Å²) in [5.41, 5.74) is 0.688. The quantitative estimate of drug-likeness (QED) is 0.732. The van der Waals surface area contributed by atoms with Crippen molar-refractivity contribution in [2.24, 2.45) is 0 Å². The van der Waals surface area contributed by atoms with Gasteiger partial charge in [-0.1, -0.05) is 0 Å². The molecule has 0 unspecified atom stereocenters. The summed E-state index contributed by atoms with van der Waals surface area (Å²) in [6.07, 6.45) is 3.00. The molecule has 8 nitrogen and oxygen atoms in total. The minimum atomic E-state index is -0.0836. The fourth-order valence-corrected chi connectivity index (χ4v) is 4.33. The number of carbonyl (C=O) groups excluding carboxylic acids is 1. The van der Waals surface area contributed by atoms with E-state index < -0.39 is 0 Å². The third kappa shape index (κ3) is 3.37. The van der Waals surface area contributed by atoms with Crippen molar-refractivity contribution in [2.45, 2.75) is 31.7 Å². The second kappa shape index (κ2) is 7.51. The van der Waals surface area contributed by atoms with E-state index in [1.165, 1.54) is 0 Å². The molecule has 1 aromatic carbocycles. The van der Waals surface area contributed by atoms with Crippen LogP contribution in [-0.4, -0.2) is 58.9 Å². The van der Waals surface area contributed by atoms with Gasteiger partial charge in [0.15, 0.2) is 5.76 Å². The Morgan fingerprint density at radius 2 is 2.17 bits per heavy atom. The van der Waals surface area contributed by atoms with Crippen molar-refractivity contribution in [1.82, 2.24) is 25.0 Å². The Hall–Kier alpha value is -2.87. The van der Waals surface area contributed by atoms with Crippen molar-refractivity contribution >= 4 is 16.9 Å². The first-order chi connectivity index (χ1) is 14.2. The lowest BCUT2D eigenvalue weighted by atomic mass is 9.99. The van der Waals surface area contributed by atoms with Gasteiger partial charge in [-0.25, -0.2) is 0 Å². The van der Waals surface area contributed by atoms with Crippen molar-refractivity contribution in [3.63, 3.8) is 0 Å². The van der Waals surface area contributed by atoms with Crippen molar-refractivity contribution < 1.29 is 13.9 Å². The van der Waals surface area contributed by atoms with Gasteiger partial charge < -0.3 is 23.9 Å². The van der Waals surface area contributed by atoms with Crippen LogP contribution in [0.1, 0.15) is 41.0 Å². The van der Waals surface area contributed by atoms with E-state index in [1.54, 1.807) is 13.2 Å². The average Bonchev–Trinajstić information content (AvgIpc) is 3.31. The molecule has 0 aliphatic carbocycles. The molecule has 2 aliphatic heterocycles. The smallest absolute Gasteiger partial charge is 0.289 e. The Morgan fingerprint density at radius 1 is 1.24 bits per heavy atom. The summed E-state index contributed by atoms with van der Waals surface area (Å²) in [5.74, 6) is 3.45. The van der Waals surface area contributed by atoms with Crippen molar-refractivity contribution in [3.05, 3.63) is 41.7 Å². The molecule has 3 aromatic rings. The molecule has 4 heterocycles. The van der Waals surface area contributed by atoms with E-state index in [9.17, 15) is 4.79 Å². The molecule has 1 fully saturated rings. The number of ether oxygens (including phenoxy) is 1. The average molecular weight is 395 g/mol. The van der Waals surface area contributed by atoms with E-state index in [2.05, 4.69) is 20.1 Å². The topological polar surface area (TPSA) is 85.4 Å². The standard InChI is InChI=1S/C21H25N5O3/c1-28-16-4-5-17-15(11-16)12-18(29-17)21(27)25-8-6-19-23-24-20(26(19)10-9-25)14-3-2-7-22-13-14/h4-5,11-12,14,22H,2-3,6-10,13H2,1H3/t14-/m0/s1. The zero-order valence-corrected chi connectivity index (χ0v) is 16.6. The van der Waals surface area contributed by atoms with E-state index in [0.717, 1.165) is 48.7 Å². The normalized spacial score (nSPS) is 19.8. The van der Waals surface area contributed by atoms with E-state index in [-0.39, 0.29) is 5.91 Å². The van der Waals surface area contributed by atoms with Gasteiger partial charge >= 0.3 is 0 Å². The van der Waals surface area contributed by atoms with Crippen LogP contribution in [0.3, 0.4) is 0 Å². The summed E-state index contributed by atoms with van der Waals surface area (Å²) in [5, 5.41) is 13.2. The highest BCUT2D eigenvalue weighted by molar-refractivity contribution is 5.96. The molecule has 1 amide bonds. The zero-order valence-electron chi connectivity index (χ0n) is 16.6. The number of nitrogens with one attached hydrogen (secondary N) is 1. The van der Waals surface area contributed by atoms with Crippen LogP contribution < -0.4 is 10.1 Å². The molecule has 1 N–H and O–H groups in total. The third-order valence-electron chi connectivity index (χ3n) is 5.94. The monoisotopic (exact) mass is 395 g/mol. The fourth-order valence-electron chi connectivity index (χ4n) is 4.33. The zero-order chi connectivity index (χ0) is 19.8. The second-order valence-corrected chi connectivity index (χ2v) is 7.73. The van der Waals surface area contributed by atoms with Crippen LogP contribution >= 0.6 is 0 Å². The number of furan rings is 1. The minimum absolute atomic E-state index is 0.0836. The van der Waals surface area contributed by atoms with E-state index in [4.69, 9.17) is 9.15 Å². The van der Waals surface area contributed by atoms with Crippen molar-refractivity contribution in [3.8, 4) is 5.75 Å². The van der Waals surface area contributed by atoms with E-state index in [1.807, 2.05) is 23.1 Å². The van der Waals surface area contributed by atoms with E-state index in [0.29, 0.717) is 43.3 Å². The first kappa shape index (κ1) is 18.2. The molecular formula is C21H25N5O3. The Kier molecular flexibility index (Phi) is 4.71. The summed E-state index contributed by atoms with van der Waals surface area (Å²) in [6.45, 7) is 3.97. The first-order valence-electron chi connectivity index (χ1n) is 10.2. The number of hydrogen-bond donors (Lipinski definition) is 1. The molecule has 8 heteroatoms. The molecule has 0 radical (unpaired) electrons. The third-order valence-corrected chi connectivity index (χ3v) is 5.94. The molecule has 5 rings (SSSR count). The van der Waals surface area contributed by atoms with Crippen molar-refractivity contribution in [2.75, 3.05) is 33.3 Å². The highest BCUT2D eigenvalue weighted by Crippen LogP contribution is 2.26. The number of rotatable bonds is 3. The highest BCUT2D eigenvalue weighted by atomic mass is 16.5. The summed E-state index contributed by atoms with van der Waals surface area (Å²) < 4.78 is 13.3. The Labute approximate surface area is 168 Å². The Balaban J connectivity index is 1.34. The maximum absolute atomic E-state index is 13.1. The molecule has 29 heavy (non-hydrogen) atoms. The van der Waals surface area contributed by atoms with Crippen LogP contribution in [0, 0.1) is 0 Å². The minimum Gasteiger partial charge on any atom is -0.497 e. The summed E-state index contributed by atoms with van der Waals surface area (Å²) in [6, 6.07) is 7.34. The lowest BCUT2D eigenvalue weighted by molar-refractivity contribution is 0.0729. The van der Waals surface area contributed by atoms with Gasteiger partial charge in [0.1, 0.15) is 23.0 Å². The summed E-state index contributed by atoms with van der Waals surface area (Å²) in [4.78, 5) is 14.9. The van der Waals surface area contributed by atoms with Gasteiger partial charge in [0.25, 0.3) is 5.91 Å². The number of fused-ring (bicyclic) bond motifs is 2. The first-order valence-corrected chi connectivity index (χ1v) is 10.2. The number of methoxy groups -OCH3 is 1. The largest absolute Gasteiger partial charge is 0.497 e. The summed E-state index contributed by atoms with van der Waals surface area (Å²) in [7, 11) is 1.63. The van der Waals surface area contributed by atoms with Crippen LogP contribution in [0.4, 0.5) is 0 Å². The van der Waals surface area contributed by atoms with Gasteiger partial charge in [-0.2, -0.15) is 0 Å². The predicted molar refractivity (Wildman–Crippen MR) is 107 cm³/mol. The van der Waals surface area contributed by atoms with Crippen LogP contribution in [-0.2, 0) is 13.0 Å². The van der Waals surface area contributed by atoms with Gasteiger partial charge in [-0.3, -0.25) is 4.79 Å². The Morgan fingerprint density at radius 3 is 3.00 bits per heavy atom. The molecule has 2 aromatic heterocycles. The van der Waals surface area contributed by atoms with Gasteiger partial charge in [0, 0.05) is 43.9 Å². The number of benzene rings is 1. The molecule has 2 aliphatic rings. The van der Waals surface area contributed by atoms with Crippen LogP contribution in [0.2, 0.25) is 0 Å². The second-order valence-electron chi connectivity index (χ2n) is 7.73. The Bertz CT molecular complexity index is 1030. The molecule has 0 saturated carbocycles. The molecule has 0 bridgehead atoms. The van der Waals surface area contributed by atoms with E-state index >= 15 is 0 Å². The molecule has 152 valence electrons. The molecule has 1 atom stereocenters. The maximum Gasteiger partial charge on any atom is 0.289 e. The van der Waals surface area contributed by atoms with Gasteiger partial charge in [0.2, 0.25) is 0 Å². The fraction of sp³-hybridized carbons (Fsp3) is 0.476. The number of nitrogens with zero attached hydrogens (tertiary/aromatic N) is 4. The predicted octanol–water partition coefficient (Wildman–Crippen LogP) is 2.20. The van der Waals surface area contributed by atoms with Crippen LogP contribution in [0.15, 0.2) is 28.7 Å². The number of carbonyl (C=O) groups is 1. The maximum atomic E-state index is 13.1. The highest BCUT2D eigenvalue weighted by Gasteiger charge is 2.28. The number of hydrogen-bond acceptors (Lipinski definition) is 6. The molecule has 0 spiro atoms. The number of aromatic nitrogens is 3. The summed E-state index contributed by atoms with van der Waals surface area (Å²) >= 11 is 0. The SMILES string of the molecule is COc1ccc2oc(C(=O)N3CCc4nnc([C@H]5CCCNC5)n4CC3)cc2c1. The van der Waals surface area contributed by atoms with Gasteiger partial charge in [0.05, 0.1) is 7.11 Å². The van der Waals surface area contributed by atoms with Gasteiger partial charge in [-0.05, 0) is 43.7 Å². The molecular weight excluding hydrogens is 370 g/mol. The molecule has 1 saturated heterocycles. The van der Waals surface area contributed by atoms with Crippen molar-refractivity contribution in [1.29, 1.82) is 0 Å². The van der Waals surface area contributed by atoms with Gasteiger partial charge in [-0.15, -0.1) is 10.2 Å². The lowest BCUT2D eigenvalue weighted by Gasteiger charge is -2.23. The lowest BCUT2D eigenvalue weighted by Crippen LogP contribution is -2.34. The van der Waals surface area contributed by atoms with Crippen LogP contribution in [0.5, 0.6) is 5.75 Å². The number of piperidine rings is 1.